The molecule has 0 aliphatic carbocycles. The molecule has 0 aliphatic heterocycles. The van der Waals surface area contributed by atoms with Crippen molar-refractivity contribution in [1.82, 2.24) is 9.97 Å². The molecule has 0 saturated heterocycles. The molecule has 0 atom stereocenters. The van der Waals surface area contributed by atoms with Gasteiger partial charge in [0.25, 0.3) is 0 Å². The number of rotatable bonds is 3. The van der Waals surface area contributed by atoms with Crippen LogP contribution in [0.2, 0.25) is 0 Å². The molecule has 0 amide bonds. The summed E-state index contributed by atoms with van der Waals surface area (Å²) in [5, 5.41) is 1.64. The molecule has 88 valence electrons. The van der Waals surface area contributed by atoms with Gasteiger partial charge in [0.05, 0.1) is 6.54 Å². The van der Waals surface area contributed by atoms with Crippen LogP contribution in [-0.2, 0) is 6.54 Å². The molecule has 2 rings (SSSR count). The number of hydrogen-bond acceptors (Lipinski definition) is 4. The standard InChI is InChI=1S/C13H16N4/c1-10-8-13(16-11(2)15-10)17(14)9-12-6-4-3-5-7-12/h3-8H,9,14H2,1-2H3. The largest absolute Gasteiger partial charge is 0.290 e. The summed E-state index contributed by atoms with van der Waals surface area (Å²) in [5.41, 5.74) is 2.08. The minimum Gasteiger partial charge on any atom is -0.290 e. The second kappa shape index (κ2) is 4.93. The second-order valence-electron chi connectivity index (χ2n) is 4.03. The summed E-state index contributed by atoms with van der Waals surface area (Å²) in [6.45, 7) is 4.44. The van der Waals surface area contributed by atoms with Gasteiger partial charge in [0, 0.05) is 11.8 Å². The van der Waals surface area contributed by atoms with Crippen molar-refractivity contribution < 1.29 is 0 Å². The van der Waals surface area contributed by atoms with Crippen molar-refractivity contribution >= 4 is 5.82 Å². The van der Waals surface area contributed by atoms with Gasteiger partial charge in [0.15, 0.2) is 0 Å². The van der Waals surface area contributed by atoms with E-state index in [1.165, 1.54) is 0 Å². The molecule has 0 unspecified atom stereocenters. The molecule has 0 aliphatic rings. The van der Waals surface area contributed by atoms with Gasteiger partial charge in [0.2, 0.25) is 0 Å². The van der Waals surface area contributed by atoms with E-state index in [2.05, 4.69) is 9.97 Å². The summed E-state index contributed by atoms with van der Waals surface area (Å²) in [5.74, 6) is 7.50. The zero-order valence-electron chi connectivity index (χ0n) is 10.1. The monoisotopic (exact) mass is 228 g/mol. The molecule has 4 nitrogen and oxygen atoms in total. The number of nitrogens with zero attached hydrogens (tertiary/aromatic N) is 3. The van der Waals surface area contributed by atoms with Crippen LogP contribution in [0.15, 0.2) is 36.4 Å². The fourth-order valence-electron chi connectivity index (χ4n) is 1.71. The van der Waals surface area contributed by atoms with Crippen LogP contribution in [-0.4, -0.2) is 9.97 Å². The van der Waals surface area contributed by atoms with Gasteiger partial charge in [0.1, 0.15) is 11.6 Å². The van der Waals surface area contributed by atoms with Crippen molar-refractivity contribution in [3.63, 3.8) is 0 Å². The summed E-state index contributed by atoms with van der Waals surface area (Å²) in [6.07, 6.45) is 0. The molecule has 1 aromatic heterocycles. The number of aromatic nitrogens is 2. The second-order valence-corrected chi connectivity index (χ2v) is 4.03. The molecule has 0 bridgehead atoms. The molecule has 1 heterocycles. The highest BCUT2D eigenvalue weighted by Gasteiger charge is 2.05. The average Bonchev–Trinajstić information content (AvgIpc) is 2.29. The molecule has 2 N–H and O–H groups in total. The Balaban J connectivity index is 2.17. The van der Waals surface area contributed by atoms with Gasteiger partial charge in [-0.2, -0.15) is 0 Å². The van der Waals surface area contributed by atoms with Gasteiger partial charge in [-0.1, -0.05) is 30.3 Å². The minimum atomic E-state index is 0.636. The van der Waals surface area contributed by atoms with E-state index in [4.69, 9.17) is 5.84 Å². The summed E-state index contributed by atoms with van der Waals surface area (Å²) >= 11 is 0. The van der Waals surface area contributed by atoms with Crippen LogP contribution in [0.1, 0.15) is 17.1 Å². The molecule has 17 heavy (non-hydrogen) atoms. The first kappa shape index (κ1) is 11.5. The van der Waals surface area contributed by atoms with Crippen LogP contribution in [0, 0.1) is 13.8 Å². The molecule has 1 aromatic carbocycles. The van der Waals surface area contributed by atoms with Crippen LogP contribution in [0.4, 0.5) is 5.82 Å². The third-order valence-corrected chi connectivity index (χ3v) is 2.44. The zero-order chi connectivity index (χ0) is 12.3. The first-order valence-corrected chi connectivity index (χ1v) is 5.53. The van der Waals surface area contributed by atoms with Crippen LogP contribution in [0.25, 0.3) is 0 Å². The van der Waals surface area contributed by atoms with E-state index in [9.17, 15) is 0 Å². The number of benzene rings is 1. The Morgan fingerprint density at radius 3 is 2.47 bits per heavy atom. The summed E-state index contributed by atoms with van der Waals surface area (Å²) in [4.78, 5) is 8.55. The molecule has 4 heteroatoms. The van der Waals surface area contributed by atoms with E-state index in [0.29, 0.717) is 6.54 Å². The average molecular weight is 228 g/mol. The van der Waals surface area contributed by atoms with Crippen molar-refractivity contribution in [2.24, 2.45) is 5.84 Å². The Kier molecular flexibility index (Phi) is 3.35. The Hall–Kier alpha value is -1.94. The molecule has 0 saturated carbocycles. The van der Waals surface area contributed by atoms with Gasteiger partial charge in [-0.3, -0.25) is 5.01 Å². The maximum Gasteiger partial charge on any atom is 0.146 e. The first-order valence-electron chi connectivity index (χ1n) is 5.53. The smallest absolute Gasteiger partial charge is 0.146 e. The van der Waals surface area contributed by atoms with Crippen molar-refractivity contribution in [2.75, 3.05) is 5.01 Å². The normalized spacial score (nSPS) is 10.3. The summed E-state index contributed by atoms with van der Waals surface area (Å²) < 4.78 is 0. The molecule has 0 radical (unpaired) electrons. The molecular formula is C13H16N4. The first-order chi connectivity index (χ1) is 8.15. The Bertz CT molecular complexity index is 476. The van der Waals surface area contributed by atoms with Crippen LogP contribution >= 0.6 is 0 Å². The highest BCUT2D eigenvalue weighted by Crippen LogP contribution is 2.12. The molecule has 0 spiro atoms. The third kappa shape index (κ3) is 3.01. The zero-order valence-corrected chi connectivity index (χ0v) is 10.1. The van der Waals surface area contributed by atoms with E-state index in [1.807, 2.05) is 50.2 Å². The van der Waals surface area contributed by atoms with Crippen molar-refractivity contribution in [3.05, 3.63) is 53.5 Å². The Labute approximate surface area is 101 Å². The molecule has 2 aromatic rings. The lowest BCUT2D eigenvalue weighted by molar-refractivity contribution is 0.817. The highest BCUT2D eigenvalue weighted by atomic mass is 15.4. The SMILES string of the molecule is Cc1cc(N(N)Cc2ccccc2)nc(C)n1. The predicted molar refractivity (Wildman–Crippen MR) is 68.3 cm³/mol. The van der Waals surface area contributed by atoms with Gasteiger partial charge < -0.3 is 0 Å². The molecule has 0 fully saturated rings. The van der Waals surface area contributed by atoms with Crippen LogP contribution in [0.3, 0.4) is 0 Å². The lowest BCUT2D eigenvalue weighted by Gasteiger charge is -2.18. The minimum absolute atomic E-state index is 0.636. The van der Waals surface area contributed by atoms with Crippen molar-refractivity contribution in [2.45, 2.75) is 20.4 Å². The fraction of sp³-hybridized carbons (Fsp3) is 0.231. The third-order valence-electron chi connectivity index (χ3n) is 2.44. The van der Waals surface area contributed by atoms with E-state index < -0.39 is 0 Å². The number of nitrogens with two attached hydrogens (primary N) is 1. The fourth-order valence-corrected chi connectivity index (χ4v) is 1.71. The van der Waals surface area contributed by atoms with E-state index in [0.717, 1.165) is 22.9 Å². The lowest BCUT2D eigenvalue weighted by Crippen LogP contribution is -2.31. The van der Waals surface area contributed by atoms with Crippen LogP contribution in [0.5, 0.6) is 0 Å². The Morgan fingerprint density at radius 2 is 1.82 bits per heavy atom. The lowest BCUT2D eigenvalue weighted by atomic mass is 10.2. The highest BCUT2D eigenvalue weighted by molar-refractivity contribution is 5.38. The maximum absolute atomic E-state index is 6.01. The van der Waals surface area contributed by atoms with E-state index in [-0.39, 0.29) is 0 Å². The van der Waals surface area contributed by atoms with Crippen molar-refractivity contribution in [3.8, 4) is 0 Å². The topological polar surface area (TPSA) is 55.0 Å². The quantitative estimate of drug-likeness (QED) is 0.644. The van der Waals surface area contributed by atoms with E-state index >= 15 is 0 Å². The predicted octanol–water partition coefficient (Wildman–Crippen LogP) is 1.97. The number of hydrazine groups is 1. The van der Waals surface area contributed by atoms with Crippen LogP contribution < -0.4 is 10.9 Å². The van der Waals surface area contributed by atoms with Gasteiger partial charge >= 0.3 is 0 Å². The van der Waals surface area contributed by atoms with Crippen molar-refractivity contribution in [1.29, 1.82) is 0 Å². The Morgan fingerprint density at radius 1 is 1.12 bits per heavy atom. The van der Waals surface area contributed by atoms with E-state index in [1.54, 1.807) is 5.01 Å². The maximum atomic E-state index is 6.01. The number of aryl methyl sites for hydroxylation is 2. The number of hydrogen-bond donors (Lipinski definition) is 1. The summed E-state index contributed by atoms with van der Waals surface area (Å²) in [7, 11) is 0. The van der Waals surface area contributed by atoms with Gasteiger partial charge in [-0.25, -0.2) is 15.8 Å². The number of anilines is 1. The van der Waals surface area contributed by atoms with Gasteiger partial charge in [-0.15, -0.1) is 0 Å². The summed E-state index contributed by atoms with van der Waals surface area (Å²) in [6, 6.07) is 12.0. The van der Waals surface area contributed by atoms with Gasteiger partial charge in [-0.05, 0) is 19.4 Å². The molecular weight excluding hydrogens is 212 g/mol.